The summed E-state index contributed by atoms with van der Waals surface area (Å²) in [6, 6.07) is 7.78. The highest BCUT2D eigenvalue weighted by Crippen LogP contribution is 2.31. The van der Waals surface area contributed by atoms with E-state index in [1.165, 1.54) is 4.88 Å². The molecule has 0 bridgehead atoms. The van der Waals surface area contributed by atoms with E-state index in [2.05, 4.69) is 22.0 Å². The standard InChI is InChI=1S/C14H11BrO2S/c15-9-6-10(18-8-9)7-17-14-3-1-2-11-12(14)4-5-13(11)16/h1-3,6,8H,4-5,7H2. The van der Waals surface area contributed by atoms with E-state index >= 15 is 0 Å². The van der Waals surface area contributed by atoms with Gasteiger partial charge in [0.05, 0.1) is 0 Å². The summed E-state index contributed by atoms with van der Waals surface area (Å²) in [4.78, 5) is 12.8. The van der Waals surface area contributed by atoms with Crippen molar-refractivity contribution >= 4 is 33.0 Å². The number of ether oxygens (including phenoxy) is 1. The van der Waals surface area contributed by atoms with Crippen molar-refractivity contribution in [2.24, 2.45) is 0 Å². The van der Waals surface area contributed by atoms with Crippen molar-refractivity contribution in [3.8, 4) is 5.75 Å². The van der Waals surface area contributed by atoms with Crippen LogP contribution in [0.15, 0.2) is 34.1 Å². The number of benzene rings is 1. The average Bonchev–Trinajstić information content (AvgIpc) is 2.94. The van der Waals surface area contributed by atoms with Gasteiger partial charge in [0.25, 0.3) is 0 Å². The van der Waals surface area contributed by atoms with E-state index in [4.69, 9.17) is 4.74 Å². The lowest BCUT2D eigenvalue weighted by Crippen LogP contribution is -1.97. The van der Waals surface area contributed by atoms with Crippen LogP contribution < -0.4 is 4.74 Å². The van der Waals surface area contributed by atoms with Crippen LogP contribution in [0.5, 0.6) is 5.75 Å². The molecule has 0 spiro atoms. The summed E-state index contributed by atoms with van der Waals surface area (Å²) < 4.78 is 6.92. The van der Waals surface area contributed by atoms with Gasteiger partial charge >= 0.3 is 0 Å². The van der Waals surface area contributed by atoms with Crippen molar-refractivity contribution in [2.45, 2.75) is 19.4 Å². The molecule has 4 heteroatoms. The van der Waals surface area contributed by atoms with Crippen molar-refractivity contribution in [3.05, 3.63) is 50.1 Å². The van der Waals surface area contributed by atoms with E-state index in [9.17, 15) is 4.79 Å². The summed E-state index contributed by atoms with van der Waals surface area (Å²) in [7, 11) is 0. The fraction of sp³-hybridized carbons (Fsp3) is 0.214. The first-order valence-electron chi connectivity index (χ1n) is 5.75. The number of hydrogen-bond acceptors (Lipinski definition) is 3. The summed E-state index contributed by atoms with van der Waals surface area (Å²) in [5.74, 6) is 1.08. The summed E-state index contributed by atoms with van der Waals surface area (Å²) in [5, 5.41) is 2.04. The third kappa shape index (κ3) is 2.22. The molecule has 0 radical (unpaired) electrons. The van der Waals surface area contributed by atoms with Gasteiger partial charge in [0.1, 0.15) is 12.4 Å². The van der Waals surface area contributed by atoms with Gasteiger partial charge in [0.15, 0.2) is 5.78 Å². The van der Waals surface area contributed by atoms with Crippen molar-refractivity contribution < 1.29 is 9.53 Å². The summed E-state index contributed by atoms with van der Waals surface area (Å²) >= 11 is 5.09. The molecule has 1 aliphatic rings. The first-order valence-corrected chi connectivity index (χ1v) is 7.42. The van der Waals surface area contributed by atoms with Crippen molar-refractivity contribution in [3.63, 3.8) is 0 Å². The maximum atomic E-state index is 11.6. The monoisotopic (exact) mass is 322 g/mol. The summed E-state index contributed by atoms with van der Waals surface area (Å²) in [6.07, 6.45) is 1.42. The van der Waals surface area contributed by atoms with Gasteiger partial charge in [0.2, 0.25) is 0 Å². The Bertz CT molecular complexity index is 604. The number of ketones is 1. The van der Waals surface area contributed by atoms with Crippen LogP contribution in [0.2, 0.25) is 0 Å². The fourth-order valence-corrected chi connectivity index (χ4v) is 3.53. The van der Waals surface area contributed by atoms with Gasteiger partial charge in [-0.1, -0.05) is 12.1 Å². The molecule has 18 heavy (non-hydrogen) atoms. The quantitative estimate of drug-likeness (QED) is 0.845. The Morgan fingerprint density at radius 2 is 2.22 bits per heavy atom. The van der Waals surface area contributed by atoms with E-state index in [-0.39, 0.29) is 5.78 Å². The lowest BCUT2D eigenvalue weighted by Gasteiger charge is -2.09. The first-order chi connectivity index (χ1) is 8.74. The topological polar surface area (TPSA) is 26.3 Å². The molecular formula is C14H11BrO2S. The molecule has 0 saturated carbocycles. The minimum absolute atomic E-state index is 0.231. The first kappa shape index (κ1) is 11.9. The molecule has 0 atom stereocenters. The van der Waals surface area contributed by atoms with E-state index in [0.29, 0.717) is 13.0 Å². The minimum Gasteiger partial charge on any atom is -0.488 e. The van der Waals surface area contributed by atoms with Crippen LogP contribution in [-0.4, -0.2) is 5.78 Å². The molecule has 92 valence electrons. The van der Waals surface area contributed by atoms with Crippen LogP contribution in [0, 0.1) is 0 Å². The van der Waals surface area contributed by atoms with Crippen LogP contribution >= 0.6 is 27.3 Å². The largest absolute Gasteiger partial charge is 0.488 e. The van der Waals surface area contributed by atoms with Crippen LogP contribution in [-0.2, 0) is 13.0 Å². The second-order valence-electron chi connectivity index (χ2n) is 4.23. The summed E-state index contributed by atoms with van der Waals surface area (Å²) in [5.41, 5.74) is 1.90. The van der Waals surface area contributed by atoms with Crippen LogP contribution in [0.1, 0.15) is 27.2 Å². The smallest absolute Gasteiger partial charge is 0.163 e. The predicted molar refractivity (Wildman–Crippen MR) is 75.4 cm³/mol. The third-order valence-corrected chi connectivity index (χ3v) is 4.70. The van der Waals surface area contributed by atoms with Gasteiger partial charge in [-0.25, -0.2) is 0 Å². The molecule has 0 fully saturated rings. The Kier molecular flexibility index (Phi) is 3.22. The highest BCUT2D eigenvalue weighted by atomic mass is 79.9. The molecule has 0 unspecified atom stereocenters. The Hall–Kier alpha value is -1.13. The zero-order valence-electron chi connectivity index (χ0n) is 9.61. The maximum Gasteiger partial charge on any atom is 0.163 e. The number of fused-ring (bicyclic) bond motifs is 1. The van der Waals surface area contributed by atoms with Crippen molar-refractivity contribution in [2.75, 3.05) is 0 Å². The van der Waals surface area contributed by atoms with Crippen LogP contribution in [0.4, 0.5) is 0 Å². The fourth-order valence-electron chi connectivity index (χ4n) is 2.17. The third-order valence-electron chi connectivity index (χ3n) is 3.03. The number of Topliss-reactive ketones (excluding diaryl/α,β-unsaturated/α-hetero) is 1. The molecule has 0 aliphatic heterocycles. The molecule has 1 aromatic carbocycles. The van der Waals surface area contributed by atoms with Gasteiger partial charge in [-0.05, 0) is 34.5 Å². The van der Waals surface area contributed by atoms with E-state index < -0.39 is 0 Å². The second kappa shape index (κ2) is 4.86. The van der Waals surface area contributed by atoms with Gasteiger partial charge < -0.3 is 4.74 Å². The molecule has 2 nitrogen and oxygen atoms in total. The molecule has 2 aromatic rings. The molecule has 0 amide bonds. The van der Waals surface area contributed by atoms with Crippen molar-refractivity contribution in [1.82, 2.24) is 0 Å². The number of rotatable bonds is 3. The second-order valence-corrected chi connectivity index (χ2v) is 6.14. The maximum absolute atomic E-state index is 11.6. The number of carbonyl (C=O) groups is 1. The Labute approximate surface area is 118 Å². The average molecular weight is 323 g/mol. The Balaban J connectivity index is 1.80. The molecule has 1 aliphatic carbocycles. The number of carbonyl (C=O) groups excluding carboxylic acids is 1. The highest BCUT2D eigenvalue weighted by molar-refractivity contribution is 9.10. The molecule has 0 saturated heterocycles. The minimum atomic E-state index is 0.231. The van der Waals surface area contributed by atoms with Crippen LogP contribution in [0.25, 0.3) is 0 Å². The SMILES string of the molecule is O=C1CCc2c(OCc3cc(Br)cs3)cccc21. The van der Waals surface area contributed by atoms with Gasteiger partial charge in [-0.15, -0.1) is 11.3 Å². The zero-order valence-corrected chi connectivity index (χ0v) is 12.0. The van der Waals surface area contributed by atoms with Gasteiger partial charge in [0, 0.05) is 32.3 Å². The van der Waals surface area contributed by atoms with Gasteiger partial charge in [-0.3, -0.25) is 4.79 Å². The van der Waals surface area contributed by atoms with Gasteiger partial charge in [-0.2, -0.15) is 0 Å². The van der Waals surface area contributed by atoms with Crippen molar-refractivity contribution in [1.29, 1.82) is 0 Å². The molecule has 1 aromatic heterocycles. The number of hydrogen-bond donors (Lipinski definition) is 0. The lowest BCUT2D eigenvalue weighted by molar-refractivity contribution is 0.0994. The number of thiophene rings is 1. The Morgan fingerprint density at radius 3 is 3.00 bits per heavy atom. The zero-order chi connectivity index (χ0) is 12.5. The molecule has 0 N–H and O–H groups in total. The molecule has 3 rings (SSSR count). The van der Waals surface area contributed by atoms with Crippen LogP contribution in [0.3, 0.4) is 0 Å². The number of halogens is 1. The molecule has 1 heterocycles. The highest BCUT2D eigenvalue weighted by Gasteiger charge is 2.22. The van der Waals surface area contributed by atoms with E-state index in [0.717, 1.165) is 27.8 Å². The van der Waals surface area contributed by atoms with E-state index in [1.807, 2.05) is 23.6 Å². The molecular weight excluding hydrogens is 312 g/mol. The normalized spacial score (nSPS) is 13.7. The Morgan fingerprint density at radius 1 is 1.33 bits per heavy atom. The predicted octanol–water partition coefficient (Wildman–Crippen LogP) is 4.22. The van der Waals surface area contributed by atoms with E-state index in [1.54, 1.807) is 11.3 Å². The summed E-state index contributed by atoms with van der Waals surface area (Å²) in [6.45, 7) is 0.556. The lowest BCUT2D eigenvalue weighted by atomic mass is 10.1.